The lowest BCUT2D eigenvalue weighted by Crippen LogP contribution is -2.61. The molecule has 0 amide bonds. The van der Waals surface area contributed by atoms with Crippen molar-refractivity contribution in [1.29, 1.82) is 0 Å². The molecule has 1 N–H and O–H groups in total. The molecular weight excluding hydrogens is 671 g/mol. The highest BCUT2D eigenvalue weighted by molar-refractivity contribution is 6.18. The number of piperazine rings is 1. The van der Waals surface area contributed by atoms with Crippen molar-refractivity contribution in [3.63, 3.8) is 0 Å². The molecule has 5 saturated heterocycles. The van der Waals surface area contributed by atoms with Gasteiger partial charge in [-0.1, -0.05) is 12.0 Å². The van der Waals surface area contributed by atoms with Crippen LogP contribution < -0.4 is 9.64 Å². The Morgan fingerprint density at radius 3 is 2.62 bits per heavy atom. The van der Waals surface area contributed by atoms with Gasteiger partial charge < -0.3 is 19.5 Å². The number of rotatable bonds is 6. The van der Waals surface area contributed by atoms with Crippen molar-refractivity contribution in [1.82, 2.24) is 29.5 Å². The average Bonchev–Trinajstić information content (AvgIpc) is 3.82. The molecule has 10 nitrogen and oxygen atoms in total. The molecule has 10 rings (SSSR count). The summed E-state index contributed by atoms with van der Waals surface area (Å²) in [6.07, 6.45) is 10.8. The third kappa shape index (κ3) is 4.73. The van der Waals surface area contributed by atoms with Crippen molar-refractivity contribution >= 4 is 38.4 Å². The zero-order valence-electron chi connectivity index (χ0n) is 28.8. The van der Waals surface area contributed by atoms with E-state index in [1.807, 2.05) is 6.20 Å². The Hall–Kier alpha value is -4.64. The van der Waals surface area contributed by atoms with Crippen LogP contribution in [0.15, 0.2) is 30.5 Å². The van der Waals surface area contributed by atoms with Crippen LogP contribution in [0.5, 0.6) is 11.8 Å². The Morgan fingerprint density at radius 1 is 1.06 bits per heavy atom. The number of halogens is 3. The molecule has 5 aliphatic heterocycles. The van der Waals surface area contributed by atoms with Crippen LogP contribution in [0.2, 0.25) is 0 Å². The molecule has 13 heteroatoms. The number of aryl methyl sites for hydroxylation is 1. The van der Waals surface area contributed by atoms with Gasteiger partial charge in [0.1, 0.15) is 41.2 Å². The lowest BCUT2D eigenvalue weighted by molar-refractivity contribution is -0.0705. The zero-order chi connectivity index (χ0) is 35.5. The van der Waals surface area contributed by atoms with E-state index in [0.717, 1.165) is 58.5 Å². The molecule has 4 atom stereocenters. The van der Waals surface area contributed by atoms with Crippen LogP contribution in [0.3, 0.4) is 0 Å². The van der Waals surface area contributed by atoms with E-state index in [2.05, 4.69) is 20.6 Å². The van der Waals surface area contributed by atoms with Gasteiger partial charge in [-0.3, -0.25) is 14.5 Å². The fourth-order valence-electron chi connectivity index (χ4n) is 9.84. The van der Waals surface area contributed by atoms with Gasteiger partial charge in [-0.15, -0.1) is 6.42 Å². The van der Waals surface area contributed by atoms with E-state index >= 15 is 8.78 Å². The quantitative estimate of drug-likeness (QED) is 0.236. The molecule has 0 spiro atoms. The van der Waals surface area contributed by atoms with E-state index in [0.29, 0.717) is 46.5 Å². The first-order valence-electron chi connectivity index (χ1n) is 18.1. The van der Waals surface area contributed by atoms with Crippen LogP contribution in [0.1, 0.15) is 37.7 Å². The number of alkyl halides is 1. The van der Waals surface area contributed by atoms with E-state index < -0.39 is 23.3 Å². The van der Waals surface area contributed by atoms with Gasteiger partial charge in [0.15, 0.2) is 5.82 Å². The van der Waals surface area contributed by atoms with Gasteiger partial charge >= 0.3 is 6.01 Å². The highest BCUT2D eigenvalue weighted by Crippen LogP contribution is 2.47. The highest BCUT2D eigenvalue weighted by Gasteiger charge is 2.50. The van der Waals surface area contributed by atoms with Crippen molar-refractivity contribution in [3.8, 4) is 35.2 Å². The summed E-state index contributed by atoms with van der Waals surface area (Å²) in [4.78, 5) is 16.8. The van der Waals surface area contributed by atoms with Crippen LogP contribution in [0, 0.1) is 24.0 Å². The number of aromatic hydroxyl groups is 1. The second-order valence-corrected chi connectivity index (χ2v) is 15.3. The lowest BCUT2D eigenvalue weighted by Gasteiger charge is -2.47. The minimum absolute atomic E-state index is 0.0180. The maximum absolute atomic E-state index is 17.7. The third-order valence-electron chi connectivity index (χ3n) is 12.2. The molecule has 7 heterocycles. The van der Waals surface area contributed by atoms with E-state index in [9.17, 15) is 9.50 Å². The fraction of sp³-hybridized carbons (Fsp3) is 0.462. The molecule has 3 aromatic carbocycles. The smallest absolute Gasteiger partial charge is 0.319 e. The van der Waals surface area contributed by atoms with E-state index in [-0.39, 0.29) is 58.0 Å². The molecular formula is C39H38F3N7O3. The van der Waals surface area contributed by atoms with Crippen LogP contribution in [0.4, 0.5) is 19.0 Å². The highest BCUT2D eigenvalue weighted by atomic mass is 19.1. The van der Waals surface area contributed by atoms with Crippen LogP contribution in [-0.2, 0) is 11.8 Å². The van der Waals surface area contributed by atoms with Gasteiger partial charge in [0, 0.05) is 67.7 Å². The molecule has 0 radical (unpaired) electrons. The first kappa shape index (κ1) is 32.0. The normalized spacial score (nSPS) is 26.4. The van der Waals surface area contributed by atoms with Gasteiger partial charge in [0.2, 0.25) is 0 Å². The molecule has 2 bridgehead atoms. The second-order valence-electron chi connectivity index (χ2n) is 15.3. The summed E-state index contributed by atoms with van der Waals surface area (Å²) in [5.74, 6) is 1.54. The molecule has 5 aromatic rings. The number of phenolic OH excluding ortho intramolecular Hbond substituents is 1. The molecule has 52 heavy (non-hydrogen) atoms. The zero-order valence-corrected chi connectivity index (χ0v) is 28.8. The molecule has 5 fully saturated rings. The summed E-state index contributed by atoms with van der Waals surface area (Å²) >= 11 is 0. The number of phenols is 1. The summed E-state index contributed by atoms with van der Waals surface area (Å²) < 4.78 is 61.2. The number of nitrogens with zero attached hydrogens (tertiary/aromatic N) is 7. The molecule has 0 saturated carbocycles. The maximum atomic E-state index is 17.7. The number of hydrogen-bond acceptors (Lipinski definition) is 9. The van der Waals surface area contributed by atoms with E-state index in [4.69, 9.17) is 31.0 Å². The number of ether oxygens (including phenoxy) is 2. The van der Waals surface area contributed by atoms with Crippen molar-refractivity contribution in [2.45, 2.75) is 61.9 Å². The van der Waals surface area contributed by atoms with Gasteiger partial charge in [-0.2, -0.15) is 15.1 Å². The summed E-state index contributed by atoms with van der Waals surface area (Å²) in [7, 11) is 1.76. The summed E-state index contributed by atoms with van der Waals surface area (Å²) in [6.45, 7) is 4.48. The number of fused-ring (bicyclic) bond motifs is 7. The largest absolute Gasteiger partial charge is 0.508 e. The Morgan fingerprint density at radius 2 is 1.87 bits per heavy atom. The number of likely N-dealkylation sites (tertiary alicyclic amines) is 1. The summed E-state index contributed by atoms with van der Waals surface area (Å²) in [6, 6.07) is 6.28. The molecule has 5 aliphatic rings. The molecule has 0 aliphatic carbocycles. The Labute approximate surface area is 298 Å². The topological polar surface area (TPSA) is 92.0 Å². The van der Waals surface area contributed by atoms with Crippen molar-refractivity contribution in [2.75, 3.05) is 50.9 Å². The van der Waals surface area contributed by atoms with Crippen molar-refractivity contribution in [2.24, 2.45) is 7.05 Å². The number of terminal acetylenes is 1. The van der Waals surface area contributed by atoms with Crippen LogP contribution >= 0.6 is 0 Å². The molecule has 268 valence electrons. The minimum Gasteiger partial charge on any atom is -0.508 e. The summed E-state index contributed by atoms with van der Waals surface area (Å²) in [5.41, 5.74) is 0.0678. The molecule has 2 aromatic heterocycles. The fourth-order valence-corrected chi connectivity index (χ4v) is 9.84. The van der Waals surface area contributed by atoms with Crippen molar-refractivity contribution in [3.05, 3.63) is 47.7 Å². The van der Waals surface area contributed by atoms with Crippen LogP contribution in [-0.4, -0.2) is 110 Å². The number of hydrogen-bond donors (Lipinski definition) is 1. The third-order valence-corrected chi connectivity index (χ3v) is 12.2. The monoisotopic (exact) mass is 709 g/mol. The number of anilines is 1. The van der Waals surface area contributed by atoms with Gasteiger partial charge in [0.25, 0.3) is 0 Å². The van der Waals surface area contributed by atoms with E-state index in [1.54, 1.807) is 11.7 Å². The first-order chi connectivity index (χ1) is 25.2. The van der Waals surface area contributed by atoms with Crippen LogP contribution in [0.25, 0.3) is 43.7 Å². The summed E-state index contributed by atoms with van der Waals surface area (Å²) in [5, 5.41) is 17.5. The SMILES string of the molecule is C#Cc1c(F)ccc2cc(O)cc(-c3c(F)c4nc(OC[C@@]56CCCN5C[C@H](F)C6)nc(N5[C@@H]6CC[C@H]5CN(C5COC5)C6)c4c4cn(C)nc34)c12. The average molecular weight is 710 g/mol. The standard InChI is InChI=1S/C39H38F3N7O3/c1-3-27-30(41)8-5-21-11-26(50)12-28(31(21)27)32-34(42)36-33(29-17-46(2)45-35(29)32)37(49-23-6-7-24(49)16-47(15-23)25-18-51-19-25)44-38(43-36)52-20-39-9-4-10-48(39)14-22(40)13-39/h1,5,8,11-12,17,22-25,50H,4,6-7,9-10,13-16,18-20H2,2H3/t22-,23-,24+,39+/m1/s1. The predicted molar refractivity (Wildman–Crippen MR) is 190 cm³/mol. The maximum Gasteiger partial charge on any atom is 0.319 e. The minimum atomic E-state index is -0.932. The Kier molecular flexibility index (Phi) is 7.20. The van der Waals surface area contributed by atoms with Gasteiger partial charge in [0.05, 0.1) is 35.7 Å². The Bertz CT molecular complexity index is 2330. The van der Waals surface area contributed by atoms with E-state index in [1.165, 1.54) is 24.3 Å². The first-order valence-corrected chi connectivity index (χ1v) is 18.1. The molecule has 0 unspecified atom stereocenters. The van der Waals surface area contributed by atoms with Gasteiger partial charge in [-0.25, -0.2) is 13.2 Å². The number of benzene rings is 3. The lowest BCUT2D eigenvalue weighted by atomic mass is 9.91. The van der Waals surface area contributed by atoms with Crippen molar-refractivity contribution < 1.29 is 27.8 Å². The Balaban J connectivity index is 1.20. The van der Waals surface area contributed by atoms with Gasteiger partial charge in [-0.05, 0) is 61.4 Å². The second kappa shape index (κ2) is 11.7. The predicted octanol–water partition coefficient (Wildman–Crippen LogP) is 5.31. The number of aromatic nitrogens is 4.